The molecule has 0 atom stereocenters. The Morgan fingerprint density at radius 1 is 1.08 bits per heavy atom. The highest BCUT2D eigenvalue weighted by atomic mass is 16.2. The molecule has 3 amide bonds. The van der Waals surface area contributed by atoms with Crippen molar-refractivity contribution in [3.8, 4) is 0 Å². The molecule has 138 valence electrons. The van der Waals surface area contributed by atoms with Crippen molar-refractivity contribution in [3.63, 3.8) is 0 Å². The van der Waals surface area contributed by atoms with Crippen LogP contribution in [0.25, 0.3) is 0 Å². The van der Waals surface area contributed by atoms with E-state index >= 15 is 0 Å². The van der Waals surface area contributed by atoms with Gasteiger partial charge in [-0.2, -0.15) is 0 Å². The first-order valence-corrected chi connectivity index (χ1v) is 9.13. The SMILES string of the molecule is CC(C)c1ccc(C(=O)NC2CCN(C(=O)NC(C)(C)C)CC2)cc1. The van der Waals surface area contributed by atoms with E-state index in [1.807, 2.05) is 49.9 Å². The molecule has 0 aromatic heterocycles. The van der Waals surface area contributed by atoms with Crippen molar-refractivity contribution in [3.05, 3.63) is 35.4 Å². The van der Waals surface area contributed by atoms with Crippen molar-refractivity contribution < 1.29 is 9.59 Å². The van der Waals surface area contributed by atoms with Gasteiger partial charge in [-0.3, -0.25) is 4.79 Å². The average Bonchev–Trinajstić information content (AvgIpc) is 2.54. The van der Waals surface area contributed by atoms with Crippen LogP contribution in [-0.4, -0.2) is 41.5 Å². The zero-order chi connectivity index (χ0) is 18.6. The summed E-state index contributed by atoms with van der Waals surface area (Å²) >= 11 is 0. The zero-order valence-corrected chi connectivity index (χ0v) is 16.1. The molecule has 1 aliphatic rings. The van der Waals surface area contributed by atoms with Gasteiger partial charge in [0.25, 0.3) is 5.91 Å². The third-order valence-corrected chi connectivity index (χ3v) is 4.44. The van der Waals surface area contributed by atoms with E-state index in [0.29, 0.717) is 24.6 Å². The molecule has 1 heterocycles. The second-order valence-corrected chi connectivity index (χ2v) is 8.19. The number of carbonyl (C=O) groups excluding carboxylic acids is 2. The Kier molecular flexibility index (Phi) is 6.09. The molecule has 2 N–H and O–H groups in total. The molecule has 25 heavy (non-hydrogen) atoms. The van der Waals surface area contributed by atoms with Crippen molar-refractivity contribution in [2.45, 2.75) is 65.0 Å². The van der Waals surface area contributed by atoms with E-state index in [-0.39, 0.29) is 23.5 Å². The zero-order valence-electron chi connectivity index (χ0n) is 16.1. The first-order valence-electron chi connectivity index (χ1n) is 9.13. The fourth-order valence-corrected chi connectivity index (χ4v) is 2.91. The Morgan fingerprint density at radius 3 is 2.12 bits per heavy atom. The topological polar surface area (TPSA) is 61.4 Å². The van der Waals surface area contributed by atoms with Gasteiger partial charge in [0.2, 0.25) is 0 Å². The minimum Gasteiger partial charge on any atom is -0.349 e. The van der Waals surface area contributed by atoms with E-state index in [1.54, 1.807) is 0 Å². The van der Waals surface area contributed by atoms with Gasteiger partial charge in [0.1, 0.15) is 0 Å². The number of amides is 3. The van der Waals surface area contributed by atoms with E-state index in [4.69, 9.17) is 0 Å². The number of carbonyl (C=O) groups is 2. The Bertz CT molecular complexity index is 594. The maximum Gasteiger partial charge on any atom is 0.317 e. The first kappa shape index (κ1) is 19.3. The lowest BCUT2D eigenvalue weighted by Crippen LogP contribution is -2.53. The Hall–Kier alpha value is -2.04. The second kappa shape index (κ2) is 7.89. The molecule has 1 saturated heterocycles. The summed E-state index contributed by atoms with van der Waals surface area (Å²) in [6.45, 7) is 11.5. The number of hydrogen-bond acceptors (Lipinski definition) is 2. The van der Waals surface area contributed by atoms with Crippen molar-refractivity contribution >= 4 is 11.9 Å². The maximum absolute atomic E-state index is 12.4. The van der Waals surface area contributed by atoms with E-state index in [2.05, 4.69) is 24.5 Å². The van der Waals surface area contributed by atoms with Crippen molar-refractivity contribution in [2.75, 3.05) is 13.1 Å². The third kappa shape index (κ3) is 5.76. The van der Waals surface area contributed by atoms with Gasteiger partial charge in [-0.15, -0.1) is 0 Å². The molecular formula is C20H31N3O2. The summed E-state index contributed by atoms with van der Waals surface area (Å²) in [4.78, 5) is 26.4. The molecule has 0 radical (unpaired) electrons. The quantitative estimate of drug-likeness (QED) is 0.880. The number of urea groups is 1. The molecular weight excluding hydrogens is 314 g/mol. The summed E-state index contributed by atoms with van der Waals surface area (Å²) in [5.74, 6) is 0.425. The minimum absolute atomic E-state index is 0.0263. The number of hydrogen-bond donors (Lipinski definition) is 2. The molecule has 1 aromatic carbocycles. The largest absolute Gasteiger partial charge is 0.349 e. The summed E-state index contributed by atoms with van der Waals surface area (Å²) < 4.78 is 0. The smallest absolute Gasteiger partial charge is 0.317 e. The standard InChI is InChI=1S/C20H31N3O2/c1-14(2)15-6-8-16(9-7-15)18(24)21-17-10-12-23(13-11-17)19(25)22-20(3,4)5/h6-9,14,17H,10-13H2,1-5H3,(H,21,24)(H,22,25). The molecule has 1 fully saturated rings. The lowest BCUT2D eigenvalue weighted by atomic mass is 10.0. The van der Waals surface area contributed by atoms with Gasteiger partial charge in [-0.05, 0) is 57.2 Å². The van der Waals surface area contributed by atoms with Crippen LogP contribution in [0.4, 0.5) is 4.79 Å². The lowest BCUT2D eigenvalue weighted by Gasteiger charge is -2.34. The minimum atomic E-state index is -0.232. The third-order valence-electron chi connectivity index (χ3n) is 4.44. The molecule has 0 saturated carbocycles. The summed E-state index contributed by atoms with van der Waals surface area (Å²) in [5.41, 5.74) is 1.69. The predicted molar refractivity (Wildman–Crippen MR) is 101 cm³/mol. The van der Waals surface area contributed by atoms with E-state index < -0.39 is 0 Å². The van der Waals surface area contributed by atoms with Crippen LogP contribution in [0.3, 0.4) is 0 Å². The molecule has 2 rings (SSSR count). The molecule has 1 aliphatic heterocycles. The van der Waals surface area contributed by atoms with Gasteiger partial charge < -0.3 is 15.5 Å². The van der Waals surface area contributed by atoms with Crippen molar-refractivity contribution in [1.82, 2.24) is 15.5 Å². The van der Waals surface area contributed by atoms with Gasteiger partial charge in [0, 0.05) is 30.2 Å². The van der Waals surface area contributed by atoms with Crippen LogP contribution in [0.1, 0.15) is 69.3 Å². The highest BCUT2D eigenvalue weighted by Crippen LogP contribution is 2.16. The number of rotatable bonds is 3. The fourth-order valence-electron chi connectivity index (χ4n) is 2.91. The number of nitrogens with one attached hydrogen (secondary N) is 2. The number of piperidine rings is 1. The molecule has 0 spiro atoms. The van der Waals surface area contributed by atoms with Crippen molar-refractivity contribution in [2.24, 2.45) is 0 Å². The van der Waals surface area contributed by atoms with Crippen LogP contribution in [0.15, 0.2) is 24.3 Å². The van der Waals surface area contributed by atoms with Crippen LogP contribution in [0, 0.1) is 0 Å². The van der Waals surface area contributed by atoms with Crippen molar-refractivity contribution in [1.29, 1.82) is 0 Å². The normalized spacial score (nSPS) is 16.0. The summed E-state index contributed by atoms with van der Waals surface area (Å²) in [7, 11) is 0. The molecule has 1 aromatic rings. The number of nitrogens with zero attached hydrogens (tertiary/aromatic N) is 1. The Morgan fingerprint density at radius 2 is 1.64 bits per heavy atom. The molecule has 0 aliphatic carbocycles. The number of likely N-dealkylation sites (tertiary alicyclic amines) is 1. The molecule has 5 nitrogen and oxygen atoms in total. The second-order valence-electron chi connectivity index (χ2n) is 8.19. The van der Waals surface area contributed by atoms with Gasteiger partial charge in [-0.1, -0.05) is 26.0 Å². The Labute approximate surface area is 151 Å². The average molecular weight is 345 g/mol. The summed E-state index contributed by atoms with van der Waals surface area (Å²) in [6.07, 6.45) is 1.57. The van der Waals surface area contributed by atoms with Crippen LogP contribution < -0.4 is 10.6 Å². The lowest BCUT2D eigenvalue weighted by molar-refractivity contribution is 0.0917. The van der Waals surface area contributed by atoms with Crippen LogP contribution in [0.5, 0.6) is 0 Å². The summed E-state index contributed by atoms with van der Waals surface area (Å²) in [5, 5.41) is 6.08. The van der Waals surface area contributed by atoms with E-state index in [0.717, 1.165) is 12.8 Å². The first-order chi connectivity index (χ1) is 11.7. The molecule has 5 heteroatoms. The van der Waals surface area contributed by atoms with Gasteiger partial charge in [0.05, 0.1) is 0 Å². The van der Waals surface area contributed by atoms with Crippen LogP contribution >= 0.6 is 0 Å². The maximum atomic E-state index is 12.4. The molecule has 0 bridgehead atoms. The highest BCUT2D eigenvalue weighted by Gasteiger charge is 2.26. The number of benzene rings is 1. The van der Waals surface area contributed by atoms with Crippen LogP contribution in [-0.2, 0) is 0 Å². The van der Waals surface area contributed by atoms with Gasteiger partial charge >= 0.3 is 6.03 Å². The van der Waals surface area contributed by atoms with E-state index in [1.165, 1.54) is 5.56 Å². The van der Waals surface area contributed by atoms with Gasteiger partial charge in [-0.25, -0.2) is 4.79 Å². The van der Waals surface area contributed by atoms with Gasteiger partial charge in [0.15, 0.2) is 0 Å². The highest BCUT2D eigenvalue weighted by molar-refractivity contribution is 5.94. The monoisotopic (exact) mass is 345 g/mol. The Balaban J connectivity index is 1.83. The predicted octanol–water partition coefficient (Wildman–Crippen LogP) is 3.51. The van der Waals surface area contributed by atoms with Crippen LogP contribution in [0.2, 0.25) is 0 Å². The molecule has 0 unspecified atom stereocenters. The summed E-state index contributed by atoms with van der Waals surface area (Å²) in [6, 6.07) is 7.89. The van der Waals surface area contributed by atoms with E-state index in [9.17, 15) is 9.59 Å². The fraction of sp³-hybridized carbons (Fsp3) is 0.600.